The second-order valence-corrected chi connectivity index (χ2v) is 8.35. The molecule has 15 nitrogen and oxygen atoms in total. The molecule has 0 spiro atoms. The maximum Gasteiger partial charge on any atom is 0.481 e. The first-order valence-corrected chi connectivity index (χ1v) is 10.3. The smallest absolute Gasteiger partial charge is 0.387 e. The molecule has 5 atom stereocenters. The highest BCUT2D eigenvalue weighted by Crippen LogP contribution is 2.57. The molecule has 0 saturated carbocycles. The van der Waals surface area contributed by atoms with E-state index < -0.39 is 46.8 Å². The number of nitrogens with two attached hydrogens (primary N) is 1. The van der Waals surface area contributed by atoms with Gasteiger partial charge in [0.1, 0.15) is 18.3 Å². The van der Waals surface area contributed by atoms with Gasteiger partial charge in [-0.05, 0) is 0 Å². The summed E-state index contributed by atoms with van der Waals surface area (Å²) in [5, 5.41) is 20.3. The Morgan fingerprint density at radius 2 is 1.96 bits per heavy atom. The molecule has 8 N–H and O–H groups in total. The number of nitrogens with one attached hydrogen (secondary N) is 1. The number of hydrogen-bond acceptors (Lipinski definition) is 10. The van der Waals surface area contributed by atoms with Crippen LogP contribution in [0.3, 0.4) is 0 Å². The van der Waals surface area contributed by atoms with E-state index in [1.807, 2.05) is 0 Å². The lowest BCUT2D eigenvalue weighted by molar-refractivity contribution is -0.745. The standard InChI is InChI=1S/C10H15N5O10P2/c11-8-5-9(13-2-12-8)15(3-14-5)10-7(17)6(16)4(24-10)1-23-27(21,22)25-26(18,19)20/h2-4,6-7,10,16-17H,1H2,(H5,11,12,13,18,19,20,21,22)/p+1/t4-,6-,7-,10-/m1/s1. The lowest BCUT2D eigenvalue weighted by atomic mass is 10.1. The molecule has 27 heavy (non-hydrogen) atoms. The van der Waals surface area contributed by atoms with Crippen LogP contribution >= 0.6 is 15.6 Å². The molecule has 0 aliphatic carbocycles. The van der Waals surface area contributed by atoms with E-state index in [-0.39, 0.29) is 11.5 Å². The molecule has 2 aromatic heterocycles. The Hall–Kier alpha value is -1.51. The van der Waals surface area contributed by atoms with Crippen LogP contribution in [0.5, 0.6) is 0 Å². The number of H-pyrrole nitrogens is 1. The predicted molar refractivity (Wildman–Crippen MR) is 83.3 cm³/mol. The van der Waals surface area contributed by atoms with Crippen LogP contribution in [0.4, 0.5) is 5.82 Å². The van der Waals surface area contributed by atoms with Gasteiger partial charge in [0.25, 0.3) is 0 Å². The van der Waals surface area contributed by atoms with Crippen molar-refractivity contribution >= 4 is 32.6 Å². The first-order valence-electron chi connectivity index (χ1n) is 7.23. The van der Waals surface area contributed by atoms with Crippen molar-refractivity contribution in [3.05, 3.63) is 12.7 Å². The first kappa shape index (κ1) is 20.2. The molecular weight excluding hydrogens is 412 g/mol. The van der Waals surface area contributed by atoms with Gasteiger partial charge in [0, 0.05) is 0 Å². The zero-order valence-electron chi connectivity index (χ0n) is 13.3. The summed E-state index contributed by atoms with van der Waals surface area (Å²) in [6.45, 7) is -0.803. The molecule has 1 unspecified atom stereocenters. The molecule has 1 fully saturated rings. The third kappa shape index (κ3) is 4.33. The average molecular weight is 428 g/mol. The third-order valence-electron chi connectivity index (χ3n) is 3.67. The van der Waals surface area contributed by atoms with Crippen LogP contribution in [-0.4, -0.2) is 64.8 Å². The number of fused-ring (bicyclic) bond motifs is 1. The molecular formula is C10H16N5O10P2+. The summed E-state index contributed by atoms with van der Waals surface area (Å²) in [5.74, 6) is 0.141. The topological polar surface area (TPSA) is 234 Å². The zero-order chi connectivity index (χ0) is 20.0. The molecule has 17 heteroatoms. The van der Waals surface area contributed by atoms with E-state index in [1.54, 1.807) is 0 Å². The molecule has 3 rings (SSSR count). The predicted octanol–water partition coefficient (Wildman–Crippen LogP) is -2.33. The third-order valence-corrected chi connectivity index (χ3v) is 5.82. The van der Waals surface area contributed by atoms with Gasteiger partial charge in [0.2, 0.25) is 11.7 Å². The zero-order valence-corrected chi connectivity index (χ0v) is 15.1. The Kier molecular flexibility index (Phi) is 5.35. The van der Waals surface area contributed by atoms with Crippen molar-refractivity contribution in [2.45, 2.75) is 24.5 Å². The largest absolute Gasteiger partial charge is 0.481 e. The minimum absolute atomic E-state index is 0.141. The maximum atomic E-state index is 11.5. The maximum absolute atomic E-state index is 11.5. The van der Waals surface area contributed by atoms with Crippen molar-refractivity contribution in [1.29, 1.82) is 0 Å². The van der Waals surface area contributed by atoms with Crippen LogP contribution in [0.1, 0.15) is 6.23 Å². The molecule has 1 saturated heterocycles. The molecule has 150 valence electrons. The van der Waals surface area contributed by atoms with E-state index in [4.69, 9.17) is 20.3 Å². The van der Waals surface area contributed by atoms with Crippen molar-refractivity contribution in [1.82, 2.24) is 15.0 Å². The minimum Gasteiger partial charge on any atom is -0.387 e. The molecule has 1 aliphatic rings. The fraction of sp³-hybridized carbons (Fsp3) is 0.500. The number of anilines is 1. The number of rotatable bonds is 6. The molecule has 0 bridgehead atoms. The lowest BCUT2D eigenvalue weighted by Gasteiger charge is -2.17. The van der Waals surface area contributed by atoms with E-state index in [1.165, 1.54) is 17.2 Å². The van der Waals surface area contributed by atoms with Crippen LogP contribution in [0.25, 0.3) is 11.2 Å². The van der Waals surface area contributed by atoms with Gasteiger partial charge in [-0.25, -0.2) is 13.7 Å². The molecule has 0 aromatic carbocycles. The highest BCUT2D eigenvalue weighted by Gasteiger charge is 2.47. The number of aliphatic hydroxyl groups is 2. The van der Waals surface area contributed by atoms with Crippen LogP contribution in [-0.2, 0) is 22.7 Å². The number of aromatic amines is 1. The van der Waals surface area contributed by atoms with Gasteiger partial charge < -0.3 is 35.4 Å². The van der Waals surface area contributed by atoms with Gasteiger partial charge in [-0.2, -0.15) is 9.29 Å². The number of nitrogens with zero attached hydrogens (tertiary/aromatic N) is 3. The van der Waals surface area contributed by atoms with Gasteiger partial charge >= 0.3 is 21.3 Å². The Morgan fingerprint density at radius 3 is 2.63 bits per heavy atom. The quantitative estimate of drug-likeness (QED) is 0.189. The van der Waals surface area contributed by atoms with E-state index in [0.717, 1.165) is 0 Å². The summed E-state index contributed by atoms with van der Waals surface area (Å²) in [4.78, 5) is 37.0. The number of phosphoric acid groups is 2. The van der Waals surface area contributed by atoms with Crippen LogP contribution in [0, 0.1) is 0 Å². The number of aromatic nitrogens is 4. The normalized spacial score (nSPS) is 28.5. The fourth-order valence-electron chi connectivity index (χ4n) is 2.54. The second kappa shape index (κ2) is 7.14. The summed E-state index contributed by atoms with van der Waals surface area (Å²) in [5.41, 5.74) is 6.32. The molecule has 0 radical (unpaired) electrons. The van der Waals surface area contributed by atoms with Crippen molar-refractivity contribution in [3.63, 3.8) is 0 Å². The number of imidazole rings is 1. The van der Waals surface area contributed by atoms with Crippen molar-refractivity contribution in [2.24, 2.45) is 0 Å². The molecule has 3 heterocycles. The Balaban J connectivity index is 1.75. The van der Waals surface area contributed by atoms with Gasteiger partial charge in [-0.3, -0.25) is 9.51 Å². The average Bonchev–Trinajstić information content (AvgIpc) is 3.07. The summed E-state index contributed by atoms with van der Waals surface area (Å²) in [6, 6.07) is 0. The fourth-order valence-corrected chi connectivity index (χ4v) is 4.13. The van der Waals surface area contributed by atoms with Gasteiger partial charge in [0.15, 0.2) is 18.5 Å². The summed E-state index contributed by atoms with van der Waals surface area (Å²) in [6.07, 6.45) is -2.98. The Labute approximate surface area is 150 Å². The van der Waals surface area contributed by atoms with Crippen molar-refractivity contribution < 1.29 is 52.2 Å². The highest BCUT2D eigenvalue weighted by molar-refractivity contribution is 7.60. The summed E-state index contributed by atoms with van der Waals surface area (Å²) in [7, 11) is -10.4. The molecule has 1 aliphatic heterocycles. The Bertz CT molecular complexity index is 932. The summed E-state index contributed by atoms with van der Waals surface area (Å²) >= 11 is 0. The van der Waals surface area contributed by atoms with Crippen LogP contribution in [0.2, 0.25) is 0 Å². The monoisotopic (exact) mass is 428 g/mol. The van der Waals surface area contributed by atoms with Crippen molar-refractivity contribution in [2.75, 3.05) is 12.3 Å². The molecule has 0 amide bonds. The lowest BCUT2D eigenvalue weighted by Crippen LogP contribution is -2.45. The number of ether oxygens (including phenoxy) is 1. The van der Waals surface area contributed by atoms with E-state index >= 15 is 0 Å². The van der Waals surface area contributed by atoms with E-state index in [2.05, 4.69) is 23.8 Å². The number of nitrogen functional groups attached to an aromatic ring is 1. The summed E-state index contributed by atoms with van der Waals surface area (Å²) < 4.78 is 36.9. The number of hydrogen-bond donors (Lipinski definition) is 7. The van der Waals surface area contributed by atoms with Gasteiger partial charge in [-0.15, -0.1) is 0 Å². The number of phosphoric ester groups is 1. The first-order chi connectivity index (χ1) is 12.5. The van der Waals surface area contributed by atoms with E-state index in [0.29, 0.717) is 5.52 Å². The molecule has 2 aromatic rings. The van der Waals surface area contributed by atoms with E-state index in [9.17, 15) is 24.2 Å². The van der Waals surface area contributed by atoms with Crippen LogP contribution in [0.15, 0.2) is 12.7 Å². The Morgan fingerprint density at radius 1 is 1.26 bits per heavy atom. The van der Waals surface area contributed by atoms with Crippen molar-refractivity contribution in [3.8, 4) is 0 Å². The second-order valence-electron chi connectivity index (χ2n) is 5.52. The van der Waals surface area contributed by atoms with Crippen LogP contribution < -0.4 is 10.3 Å². The van der Waals surface area contributed by atoms with Gasteiger partial charge in [-0.1, -0.05) is 4.98 Å². The highest BCUT2D eigenvalue weighted by atomic mass is 31.3. The number of aliphatic hydroxyl groups excluding tert-OH is 2. The minimum atomic E-state index is -5.28. The SMILES string of the molecule is Nc1ncnc2c1[nH]c[n+]2[C@@H]1O[C@H](COP(=O)(O)OP(=O)(O)O)[C@@H](O)[C@H]1O. The van der Waals surface area contributed by atoms with Gasteiger partial charge in [0.05, 0.1) is 6.61 Å².